The summed E-state index contributed by atoms with van der Waals surface area (Å²) in [6.07, 6.45) is 2.11. The lowest BCUT2D eigenvalue weighted by molar-refractivity contribution is 0.0692. The van der Waals surface area contributed by atoms with Gasteiger partial charge in [0.1, 0.15) is 22.6 Å². The average Bonchev–Trinajstić information content (AvgIpc) is 3.30. The van der Waals surface area contributed by atoms with Crippen molar-refractivity contribution in [3.8, 4) is 11.5 Å². The van der Waals surface area contributed by atoms with Crippen molar-refractivity contribution in [1.29, 1.82) is 0 Å². The van der Waals surface area contributed by atoms with Gasteiger partial charge in [-0.05, 0) is 62.3 Å². The number of nitrogens with zero attached hydrogens (tertiary/aromatic N) is 1. The number of aromatic nitrogens is 1. The number of nitrogens with one attached hydrogen (secondary N) is 1. The summed E-state index contributed by atoms with van der Waals surface area (Å²) in [5.74, 6) is 0.761. The van der Waals surface area contributed by atoms with Gasteiger partial charge in [0.25, 0.3) is 0 Å². The van der Waals surface area contributed by atoms with Gasteiger partial charge in [-0.3, -0.25) is 0 Å². The summed E-state index contributed by atoms with van der Waals surface area (Å²) < 4.78 is 17.8. The Morgan fingerprint density at radius 1 is 0.941 bits per heavy atom. The lowest BCUT2D eigenvalue weighted by Gasteiger charge is -2.16. The Bertz CT molecular complexity index is 1160. The highest BCUT2D eigenvalue weighted by molar-refractivity contribution is 5.90. The minimum Gasteiger partial charge on any atom is -0.493 e. The van der Waals surface area contributed by atoms with Crippen LogP contribution in [0.1, 0.15) is 41.6 Å². The Morgan fingerprint density at radius 3 is 2.53 bits per heavy atom. The summed E-state index contributed by atoms with van der Waals surface area (Å²) in [5.41, 5.74) is 1.75. The molecule has 0 amide bonds. The first-order chi connectivity index (χ1) is 16.7. The van der Waals surface area contributed by atoms with E-state index in [4.69, 9.17) is 13.9 Å². The van der Waals surface area contributed by atoms with E-state index >= 15 is 0 Å². The number of unbranched alkanes of at least 4 members (excludes halogenated alkanes) is 1. The smallest absolute Gasteiger partial charge is 0.339 e. The number of aromatic carboxylic acids is 1. The van der Waals surface area contributed by atoms with Gasteiger partial charge in [0.05, 0.1) is 6.61 Å². The molecule has 176 valence electrons. The number of ether oxygens (including phenoxy) is 2. The lowest BCUT2D eigenvalue weighted by atomic mass is 10.2. The van der Waals surface area contributed by atoms with Gasteiger partial charge in [-0.15, -0.1) is 0 Å². The predicted octanol–water partition coefficient (Wildman–Crippen LogP) is 5.49. The Morgan fingerprint density at radius 2 is 1.71 bits per heavy atom. The summed E-state index contributed by atoms with van der Waals surface area (Å²) >= 11 is 0. The molecule has 4 rings (SSSR count). The topological polar surface area (TPSA) is 93.8 Å². The van der Waals surface area contributed by atoms with Gasteiger partial charge in [-0.25, -0.2) is 9.78 Å². The zero-order chi connectivity index (χ0) is 23.6. The highest BCUT2D eigenvalue weighted by atomic mass is 16.5. The van der Waals surface area contributed by atoms with Crippen molar-refractivity contribution >= 4 is 17.1 Å². The third-order valence-corrected chi connectivity index (χ3v) is 5.31. The molecule has 2 N–H and O–H groups in total. The summed E-state index contributed by atoms with van der Waals surface area (Å²) in [6, 6.07) is 24.1. The highest BCUT2D eigenvalue weighted by Crippen LogP contribution is 2.27. The fourth-order valence-electron chi connectivity index (χ4n) is 3.59. The Hall–Kier alpha value is -3.84. The standard InChI is InChI=1S/C27H28N2O5/c30-27(31)21-12-4-6-14-23(21)32-19-9-8-17-28-18-16-25(33-20-10-2-1-3-11-20)26-29-22-13-5-7-15-24(22)34-26/h1-7,10-15,25,28H,8-9,16-19H2,(H,30,31). The molecule has 1 aromatic heterocycles. The van der Waals surface area contributed by atoms with Gasteiger partial charge in [-0.1, -0.05) is 42.5 Å². The Kier molecular flexibility index (Phi) is 8.13. The molecule has 34 heavy (non-hydrogen) atoms. The third-order valence-electron chi connectivity index (χ3n) is 5.31. The van der Waals surface area contributed by atoms with E-state index in [1.165, 1.54) is 0 Å². The van der Waals surface area contributed by atoms with Gasteiger partial charge in [-0.2, -0.15) is 0 Å². The molecule has 0 saturated carbocycles. The molecule has 1 heterocycles. The molecule has 3 aromatic carbocycles. The van der Waals surface area contributed by atoms with E-state index in [-0.39, 0.29) is 11.7 Å². The molecule has 0 bridgehead atoms. The van der Waals surface area contributed by atoms with Crippen LogP contribution >= 0.6 is 0 Å². The van der Waals surface area contributed by atoms with Crippen molar-refractivity contribution in [2.75, 3.05) is 19.7 Å². The monoisotopic (exact) mass is 460 g/mol. The number of benzene rings is 3. The molecular weight excluding hydrogens is 432 g/mol. The third kappa shape index (κ3) is 6.36. The second-order valence-corrected chi connectivity index (χ2v) is 7.83. The van der Waals surface area contributed by atoms with Gasteiger partial charge >= 0.3 is 5.97 Å². The molecule has 0 saturated heterocycles. The van der Waals surface area contributed by atoms with Crippen molar-refractivity contribution in [3.05, 3.63) is 90.3 Å². The number of para-hydroxylation sites is 4. The number of hydrogen-bond acceptors (Lipinski definition) is 6. The van der Waals surface area contributed by atoms with E-state index in [2.05, 4.69) is 10.3 Å². The lowest BCUT2D eigenvalue weighted by Crippen LogP contribution is -2.21. The minimum absolute atomic E-state index is 0.185. The van der Waals surface area contributed by atoms with Crippen molar-refractivity contribution in [2.24, 2.45) is 0 Å². The molecule has 1 unspecified atom stereocenters. The van der Waals surface area contributed by atoms with Gasteiger partial charge in [0.15, 0.2) is 11.7 Å². The van der Waals surface area contributed by atoms with Crippen LogP contribution in [-0.4, -0.2) is 35.8 Å². The van der Waals surface area contributed by atoms with E-state index in [0.29, 0.717) is 24.7 Å². The molecule has 7 nitrogen and oxygen atoms in total. The minimum atomic E-state index is -0.983. The molecule has 0 spiro atoms. The molecule has 0 aliphatic heterocycles. The zero-order valence-corrected chi connectivity index (χ0v) is 18.9. The fraction of sp³-hybridized carbons (Fsp3) is 0.259. The summed E-state index contributed by atoms with van der Waals surface area (Å²) in [5, 5.41) is 12.6. The molecule has 0 aliphatic rings. The molecule has 4 aromatic rings. The molecule has 0 fully saturated rings. The maximum atomic E-state index is 11.2. The van der Waals surface area contributed by atoms with E-state index in [1.54, 1.807) is 24.3 Å². The largest absolute Gasteiger partial charge is 0.493 e. The van der Waals surface area contributed by atoms with E-state index in [9.17, 15) is 9.90 Å². The van der Waals surface area contributed by atoms with Crippen LogP contribution in [0.5, 0.6) is 11.5 Å². The SMILES string of the molecule is O=C(O)c1ccccc1OCCCCNCCC(Oc1ccccc1)c1nc2ccccc2o1. The van der Waals surface area contributed by atoms with Crippen LogP contribution in [-0.2, 0) is 0 Å². The number of carboxylic acid groups (broad SMARTS) is 1. The van der Waals surface area contributed by atoms with Crippen molar-refractivity contribution < 1.29 is 23.8 Å². The van der Waals surface area contributed by atoms with Gasteiger partial charge < -0.3 is 24.3 Å². The number of hydrogen-bond donors (Lipinski definition) is 2. The summed E-state index contributed by atoms with van der Waals surface area (Å²) in [6.45, 7) is 2.02. The van der Waals surface area contributed by atoms with E-state index in [0.717, 1.165) is 42.8 Å². The molecule has 7 heteroatoms. The average molecular weight is 461 g/mol. The van der Waals surface area contributed by atoms with Gasteiger partial charge in [0.2, 0.25) is 5.89 Å². The van der Waals surface area contributed by atoms with Crippen LogP contribution < -0.4 is 14.8 Å². The maximum Gasteiger partial charge on any atom is 0.339 e. The zero-order valence-electron chi connectivity index (χ0n) is 18.9. The number of rotatable bonds is 13. The first-order valence-electron chi connectivity index (χ1n) is 11.4. The highest BCUT2D eigenvalue weighted by Gasteiger charge is 2.20. The van der Waals surface area contributed by atoms with Crippen LogP contribution in [0, 0.1) is 0 Å². The molecular formula is C27H28N2O5. The number of carboxylic acids is 1. The first-order valence-corrected chi connectivity index (χ1v) is 11.4. The number of carbonyl (C=O) groups is 1. The molecule has 0 aliphatic carbocycles. The fourth-order valence-corrected chi connectivity index (χ4v) is 3.59. The van der Waals surface area contributed by atoms with Crippen LogP contribution in [0.4, 0.5) is 0 Å². The van der Waals surface area contributed by atoms with Crippen LogP contribution in [0.15, 0.2) is 83.3 Å². The molecule has 1 atom stereocenters. The first kappa shape index (κ1) is 23.3. The summed E-state index contributed by atoms with van der Waals surface area (Å²) in [4.78, 5) is 15.9. The second-order valence-electron chi connectivity index (χ2n) is 7.83. The number of fused-ring (bicyclic) bond motifs is 1. The Labute approximate surface area is 198 Å². The second kappa shape index (κ2) is 11.9. The van der Waals surface area contributed by atoms with E-state index in [1.807, 2.05) is 54.6 Å². The van der Waals surface area contributed by atoms with Crippen molar-refractivity contribution in [2.45, 2.75) is 25.4 Å². The van der Waals surface area contributed by atoms with Gasteiger partial charge in [0, 0.05) is 6.42 Å². The van der Waals surface area contributed by atoms with E-state index < -0.39 is 5.97 Å². The number of oxazole rings is 1. The van der Waals surface area contributed by atoms with Crippen LogP contribution in [0.3, 0.4) is 0 Å². The quantitative estimate of drug-likeness (QED) is 0.255. The van der Waals surface area contributed by atoms with Crippen LogP contribution in [0.2, 0.25) is 0 Å². The van der Waals surface area contributed by atoms with Crippen molar-refractivity contribution in [1.82, 2.24) is 10.3 Å². The molecule has 0 radical (unpaired) electrons. The normalized spacial score (nSPS) is 11.9. The van der Waals surface area contributed by atoms with Crippen LogP contribution in [0.25, 0.3) is 11.1 Å². The predicted molar refractivity (Wildman–Crippen MR) is 129 cm³/mol. The van der Waals surface area contributed by atoms with Crippen molar-refractivity contribution in [3.63, 3.8) is 0 Å². The summed E-state index contributed by atoms with van der Waals surface area (Å²) in [7, 11) is 0. The maximum absolute atomic E-state index is 11.2. The Balaban J connectivity index is 1.23.